The van der Waals surface area contributed by atoms with Gasteiger partial charge in [-0.25, -0.2) is 9.78 Å². The van der Waals surface area contributed by atoms with E-state index >= 15 is 0 Å². The molecule has 0 aromatic carbocycles. The van der Waals surface area contributed by atoms with Crippen LogP contribution in [0.4, 0.5) is 0 Å². The molecule has 1 heterocycles. The lowest BCUT2D eigenvalue weighted by atomic mass is 10.5. The number of hydrogen-bond donors (Lipinski definition) is 0. The zero-order valence-electron chi connectivity index (χ0n) is 7.95. The van der Waals surface area contributed by atoms with Gasteiger partial charge < -0.3 is 4.74 Å². The molecule has 0 aliphatic carbocycles. The molecule has 0 unspecified atom stereocenters. The van der Waals surface area contributed by atoms with Crippen molar-refractivity contribution in [3.63, 3.8) is 0 Å². The first-order valence-electron chi connectivity index (χ1n) is 3.99. The number of carbonyl (C=O) groups is 1. The van der Waals surface area contributed by atoms with Crippen LogP contribution in [0.25, 0.3) is 16.5 Å². The second kappa shape index (κ2) is 5.79. The monoisotopic (exact) mass is 224 g/mol. The van der Waals surface area contributed by atoms with E-state index in [1.54, 1.807) is 12.2 Å². The van der Waals surface area contributed by atoms with Crippen LogP contribution in [0.2, 0.25) is 0 Å². The summed E-state index contributed by atoms with van der Waals surface area (Å²) in [6, 6.07) is 0. The van der Waals surface area contributed by atoms with E-state index in [1.807, 2.05) is 0 Å². The van der Waals surface area contributed by atoms with E-state index in [0.29, 0.717) is 9.88 Å². The third kappa shape index (κ3) is 3.41. The minimum atomic E-state index is -0.401. The van der Waals surface area contributed by atoms with Gasteiger partial charge in [0.25, 0.3) is 0 Å². The van der Waals surface area contributed by atoms with Crippen LogP contribution in [-0.4, -0.2) is 24.6 Å². The molecular weight excluding hydrogens is 216 g/mol. The molecule has 0 aliphatic rings. The SMILES string of the molecule is COC(=O)c1cnc(C=CCN=[N+]=[N-])s1. The maximum absolute atomic E-state index is 11.1. The molecule has 0 bridgehead atoms. The summed E-state index contributed by atoms with van der Waals surface area (Å²) >= 11 is 1.22. The average Bonchev–Trinajstić information content (AvgIpc) is 2.72. The summed E-state index contributed by atoms with van der Waals surface area (Å²) < 4.78 is 4.53. The Morgan fingerprint density at radius 2 is 2.67 bits per heavy atom. The number of esters is 1. The Hall–Kier alpha value is -1.85. The van der Waals surface area contributed by atoms with Gasteiger partial charge in [-0.2, -0.15) is 0 Å². The Bertz CT molecular complexity index is 420. The Kier molecular flexibility index (Phi) is 4.33. The van der Waals surface area contributed by atoms with Gasteiger partial charge in [-0.15, -0.1) is 11.3 Å². The van der Waals surface area contributed by atoms with E-state index in [2.05, 4.69) is 19.7 Å². The zero-order valence-corrected chi connectivity index (χ0v) is 8.77. The van der Waals surface area contributed by atoms with Crippen molar-refractivity contribution in [2.24, 2.45) is 5.11 Å². The van der Waals surface area contributed by atoms with Gasteiger partial charge in [-0.3, -0.25) is 0 Å². The number of aromatic nitrogens is 1. The third-order valence-electron chi connectivity index (χ3n) is 1.42. The molecular formula is C8H8N4O2S. The minimum Gasteiger partial charge on any atom is -0.465 e. The Balaban J connectivity index is 2.64. The summed E-state index contributed by atoms with van der Waals surface area (Å²) in [5.74, 6) is -0.401. The molecule has 0 amide bonds. The maximum Gasteiger partial charge on any atom is 0.349 e. The highest BCUT2D eigenvalue weighted by Gasteiger charge is 2.08. The number of carbonyl (C=O) groups excluding carboxylic acids is 1. The van der Waals surface area contributed by atoms with Gasteiger partial charge in [0, 0.05) is 11.5 Å². The maximum atomic E-state index is 11.1. The fraction of sp³-hybridized carbons (Fsp3) is 0.250. The molecule has 15 heavy (non-hydrogen) atoms. The van der Waals surface area contributed by atoms with Crippen molar-refractivity contribution in [3.8, 4) is 0 Å². The van der Waals surface area contributed by atoms with Gasteiger partial charge in [0.05, 0.1) is 13.3 Å². The number of rotatable bonds is 4. The Labute approximate surface area is 89.8 Å². The molecule has 0 saturated carbocycles. The number of azide groups is 1. The standard InChI is InChI=1S/C8H8N4O2S/c1-14-8(13)6-5-10-7(15-6)3-2-4-11-12-9/h2-3,5H,4H2,1H3. The summed E-state index contributed by atoms with van der Waals surface area (Å²) in [5, 5.41) is 3.99. The molecule has 1 aromatic heterocycles. The number of nitrogens with zero attached hydrogens (tertiary/aromatic N) is 4. The number of thiazole rings is 1. The largest absolute Gasteiger partial charge is 0.465 e. The van der Waals surface area contributed by atoms with Gasteiger partial charge in [0.1, 0.15) is 9.88 Å². The fourth-order valence-electron chi connectivity index (χ4n) is 0.797. The van der Waals surface area contributed by atoms with Crippen LogP contribution < -0.4 is 0 Å². The number of hydrogen-bond acceptors (Lipinski definition) is 5. The first-order valence-corrected chi connectivity index (χ1v) is 4.81. The van der Waals surface area contributed by atoms with Crippen LogP contribution >= 0.6 is 11.3 Å². The second-order valence-electron chi connectivity index (χ2n) is 2.37. The second-order valence-corrected chi connectivity index (χ2v) is 3.43. The first kappa shape index (κ1) is 11.2. The van der Waals surface area contributed by atoms with Crippen molar-refractivity contribution in [3.05, 3.63) is 32.6 Å². The van der Waals surface area contributed by atoms with Crippen molar-refractivity contribution < 1.29 is 9.53 Å². The van der Waals surface area contributed by atoms with Gasteiger partial charge in [-0.1, -0.05) is 11.2 Å². The molecule has 0 saturated heterocycles. The van der Waals surface area contributed by atoms with E-state index < -0.39 is 5.97 Å². The summed E-state index contributed by atoms with van der Waals surface area (Å²) in [6.45, 7) is 0.267. The number of ether oxygens (including phenoxy) is 1. The topological polar surface area (TPSA) is 88.0 Å². The summed E-state index contributed by atoms with van der Waals surface area (Å²) in [6.07, 6.45) is 4.80. The molecule has 0 spiro atoms. The van der Waals surface area contributed by atoms with Crippen molar-refractivity contribution in [1.82, 2.24) is 4.98 Å². The Morgan fingerprint density at radius 3 is 3.33 bits per heavy atom. The smallest absolute Gasteiger partial charge is 0.349 e. The van der Waals surface area contributed by atoms with Gasteiger partial charge in [0.2, 0.25) is 0 Å². The van der Waals surface area contributed by atoms with E-state index in [0.717, 1.165) is 0 Å². The van der Waals surface area contributed by atoms with Gasteiger partial charge in [0.15, 0.2) is 0 Å². The van der Waals surface area contributed by atoms with Crippen molar-refractivity contribution >= 4 is 23.4 Å². The van der Waals surface area contributed by atoms with Crippen LogP contribution in [0.5, 0.6) is 0 Å². The summed E-state index contributed by atoms with van der Waals surface area (Å²) in [5.41, 5.74) is 8.02. The molecule has 0 radical (unpaired) electrons. The quantitative estimate of drug-likeness (QED) is 0.340. The van der Waals surface area contributed by atoms with Crippen molar-refractivity contribution in [2.45, 2.75) is 0 Å². The lowest BCUT2D eigenvalue weighted by Crippen LogP contribution is -1.96. The average molecular weight is 224 g/mol. The van der Waals surface area contributed by atoms with Crippen LogP contribution in [0, 0.1) is 0 Å². The van der Waals surface area contributed by atoms with Crippen LogP contribution in [-0.2, 0) is 4.74 Å². The van der Waals surface area contributed by atoms with Crippen LogP contribution in [0.15, 0.2) is 17.4 Å². The molecule has 0 aliphatic heterocycles. The molecule has 6 nitrogen and oxygen atoms in total. The number of methoxy groups -OCH3 is 1. The predicted octanol–water partition coefficient (Wildman–Crippen LogP) is 2.25. The van der Waals surface area contributed by atoms with Crippen LogP contribution in [0.1, 0.15) is 14.7 Å². The lowest BCUT2D eigenvalue weighted by Gasteiger charge is -1.89. The highest BCUT2D eigenvalue weighted by atomic mass is 32.1. The van der Waals surface area contributed by atoms with E-state index in [9.17, 15) is 4.79 Å². The molecule has 1 rings (SSSR count). The molecule has 78 valence electrons. The summed E-state index contributed by atoms with van der Waals surface area (Å²) in [7, 11) is 1.32. The first-order chi connectivity index (χ1) is 7.27. The predicted molar refractivity (Wildman–Crippen MR) is 56.5 cm³/mol. The van der Waals surface area contributed by atoms with E-state index in [-0.39, 0.29) is 6.54 Å². The lowest BCUT2D eigenvalue weighted by molar-refractivity contribution is 0.0606. The van der Waals surface area contributed by atoms with Crippen LogP contribution in [0.3, 0.4) is 0 Å². The molecule has 1 aromatic rings. The third-order valence-corrected chi connectivity index (χ3v) is 2.36. The van der Waals surface area contributed by atoms with Gasteiger partial charge in [-0.05, 0) is 11.6 Å². The normalized spacial score (nSPS) is 9.93. The highest BCUT2D eigenvalue weighted by molar-refractivity contribution is 7.14. The van der Waals surface area contributed by atoms with Crippen molar-refractivity contribution in [1.29, 1.82) is 0 Å². The van der Waals surface area contributed by atoms with Crippen molar-refractivity contribution in [2.75, 3.05) is 13.7 Å². The zero-order chi connectivity index (χ0) is 11.1. The van der Waals surface area contributed by atoms with Gasteiger partial charge >= 0.3 is 5.97 Å². The Morgan fingerprint density at radius 1 is 1.87 bits per heavy atom. The summed E-state index contributed by atoms with van der Waals surface area (Å²) in [4.78, 5) is 18.1. The van der Waals surface area contributed by atoms with E-state index in [4.69, 9.17) is 5.53 Å². The minimum absolute atomic E-state index is 0.267. The fourth-order valence-corrected chi connectivity index (χ4v) is 1.56. The highest BCUT2D eigenvalue weighted by Crippen LogP contribution is 2.14. The molecule has 7 heteroatoms. The molecule has 0 N–H and O–H groups in total. The molecule has 0 atom stereocenters. The molecule has 0 fully saturated rings. The van der Waals surface area contributed by atoms with E-state index in [1.165, 1.54) is 24.6 Å².